The van der Waals surface area contributed by atoms with Crippen molar-refractivity contribution in [3.63, 3.8) is 0 Å². The van der Waals surface area contributed by atoms with E-state index in [2.05, 4.69) is 0 Å². The van der Waals surface area contributed by atoms with Crippen molar-refractivity contribution in [2.75, 3.05) is 32.8 Å². The highest BCUT2D eigenvalue weighted by Crippen LogP contribution is 2.26. The van der Waals surface area contributed by atoms with Gasteiger partial charge in [0.05, 0.1) is 11.6 Å². The number of likely N-dealkylation sites (tertiary alicyclic amines) is 1. The van der Waals surface area contributed by atoms with E-state index in [0.29, 0.717) is 13.1 Å². The molecule has 2 aromatic rings. The Morgan fingerprint density at radius 3 is 2.39 bits per heavy atom. The standard InChI is InChI=1S/C22H25ClN2O5S/c23-19-8-4-5-9-21(19)31(27,28)25-14-15-29-20(16-25)22(26)24-12-10-18(11-13-24)30-17-6-2-1-3-7-17/h1-9,18,20H,10-16H2/t20-/m1/s1. The Bertz CT molecular complexity index is 1010. The number of para-hydroxylation sites is 1. The third kappa shape index (κ3) is 5.03. The summed E-state index contributed by atoms with van der Waals surface area (Å²) in [6.07, 6.45) is 0.665. The monoisotopic (exact) mass is 464 g/mol. The number of hydrogen-bond acceptors (Lipinski definition) is 5. The number of carbonyl (C=O) groups excluding carboxylic acids is 1. The minimum Gasteiger partial charge on any atom is -0.490 e. The van der Waals surface area contributed by atoms with Crippen molar-refractivity contribution in [2.45, 2.75) is 29.9 Å². The summed E-state index contributed by atoms with van der Waals surface area (Å²) in [5.41, 5.74) is 0. The maximum absolute atomic E-state index is 13.0. The summed E-state index contributed by atoms with van der Waals surface area (Å²) in [6, 6.07) is 16.0. The first-order valence-corrected chi connectivity index (χ1v) is 12.1. The van der Waals surface area contributed by atoms with Crippen LogP contribution >= 0.6 is 11.6 Å². The number of carbonyl (C=O) groups is 1. The Balaban J connectivity index is 1.36. The zero-order chi connectivity index (χ0) is 21.8. The number of nitrogens with zero attached hydrogens (tertiary/aromatic N) is 2. The van der Waals surface area contributed by atoms with Crippen LogP contribution in [0.4, 0.5) is 0 Å². The maximum Gasteiger partial charge on any atom is 0.253 e. The lowest BCUT2D eigenvalue weighted by molar-refractivity contribution is -0.149. The second-order valence-corrected chi connectivity index (χ2v) is 9.92. The number of sulfonamides is 1. The quantitative estimate of drug-likeness (QED) is 0.680. The molecule has 1 atom stereocenters. The Kier molecular flexibility index (Phi) is 6.81. The van der Waals surface area contributed by atoms with E-state index in [-0.39, 0.29) is 41.6 Å². The topological polar surface area (TPSA) is 76.2 Å². The molecular formula is C22H25ClN2O5S. The first kappa shape index (κ1) is 22.1. The first-order valence-electron chi connectivity index (χ1n) is 10.3. The van der Waals surface area contributed by atoms with Gasteiger partial charge in [0.1, 0.15) is 22.9 Å². The zero-order valence-electron chi connectivity index (χ0n) is 17.0. The van der Waals surface area contributed by atoms with Crippen LogP contribution in [-0.4, -0.2) is 68.5 Å². The summed E-state index contributed by atoms with van der Waals surface area (Å²) >= 11 is 6.10. The van der Waals surface area contributed by atoms with Crippen LogP contribution in [0.5, 0.6) is 5.75 Å². The molecular weight excluding hydrogens is 440 g/mol. The van der Waals surface area contributed by atoms with Gasteiger partial charge in [-0.2, -0.15) is 4.31 Å². The molecule has 0 unspecified atom stereocenters. The van der Waals surface area contributed by atoms with E-state index in [1.807, 2.05) is 30.3 Å². The Hall–Kier alpha value is -2.13. The molecule has 2 aliphatic rings. The van der Waals surface area contributed by atoms with Crippen LogP contribution in [0.2, 0.25) is 5.02 Å². The van der Waals surface area contributed by atoms with Gasteiger partial charge in [-0.3, -0.25) is 4.79 Å². The SMILES string of the molecule is O=C([C@H]1CN(S(=O)(=O)c2ccccc2Cl)CCO1)N1CCC(Oc2ccccc2)CC1. The van der Waals surface area contributed by atoms with Crippen LogP contribution in [-0.2, 0) is 19.6 Å². The molecule has 31 heavy (non-hydrogen) atoms. The number of benzene rings is 2. The van der Waals surface area contributed by atoms with Gasteiger partial charge in [-0.15, -0.1) is 0 Å². The van der Waals surface area contributed by atoms with E-state index in [4.69, 9.17) is 21.1 Å². The molecule has 0 N–H and O–H groups in total. The molecule has 0 spiro atoms. The van der Waals surface area contributed by atoms with Crippen LogP contribution < -0.4 is 4.74 Å². The van der Waals surface area contributed by atoms with E-state index >= 15 is 0 Å². The molecule has 0 aromatic heterocycles. The molecule has 7 nitrogen and oxygen atoms in total. The number of morpholine rings is 1. The molecule has 2 aliphatic heterocycles. The second-order valence-electron chi connectivity index (χ2n) is 7.61. The third-order valence-electron chi connectivity index (χ3n) is 5.56. The fourth-order valence-corrected chi connectivity index (χ4v) is 5.79. The van der Waals surface area contributed by atoms with Gasteiger partial charge in [0.2, 0.25) is 10.0 Å². The van der Waals surface area contributed by atoms with Crippen molar-refractivity contribution in [1.82, 2.24) is 9.21 Å². The maximum atomic E-state index is 13.0. The van der Waals surface area contributed by atoms with Gasteiger partial charge in [-0.1, -0.05) is 41.9 Å². The third-order valence-corrected chi connectivity index (χ3v) is 7.92. The predicted molar refractivity (Wildman–Crippen MR) is 117 cm³/mol. The van der Waals surface area contributed by atoms with Crippen LogP contribution in [0.3, 0.4) is 0 Å². The van der Waals surface area contributed by atoms with Gasteiger partial charge in [0, 0.05) is 39.0 Å². The summed E-state index contributed by atoms with van der Waals surface area (Å²) in [5.74, 6) is 0.639. The molecule has 9 heteroatoms. The largest absolute Gasteiger partial charge is 0.490 e. The lowest BCUT2D eigenvalue weighted by Crippen LogP contribution is -2.54. The Morgan fingerprint density at radius 2 is 1.68 bits per heavy atom. The van der Waals surface area contributed by atoms with E-state index in [1.54, 1.807) is 23.1 Å². The van der Waals surface area contributed by atoms with Crippen LogP contribution in [0.15, 0.2) is 59.5 Å². The number of amides is 1. The number of ether oxygens (including phenoxy) is 2. The normalized spacial score (nSPS) is 21.1. The minimum atomic E-state index is -3.80. The molecule has 1 amide bonds. The van der Waals surface area contributed by atoms with E-state index in [1.165, 1.54) is 10.4 Å². The summed E-state index contributed by atoms with van der Waals surface area (Å²) in [5, 5.41) is 0.164. The van der Waals surface area contributed by atoms with Crippen molar-refractivity contribution >= 4 is 27.5 Å². The molecule has 166 valence electrons. The molecule has 2 aromatic carbocycles. The van der Waals surface area contributed by atoms with Crippen molar-refractivity contribution in [3.05, 3.63) is 59.6 Å². The summed E-state index contributed by atoms with van der Waals surface area (Å²) < 4.78 is 38.9. The van der Waals surface area contributed by atoms with Gasteiger partial charge in [0.25, 0.3) is 5.91 Å². The van der Waals surface area contributed by atoms with Gasteiger partial charge >= 0.3 is 0 Å². The lowest BCUT2D eigenvalue weighted by atomic mass is 10.1. The summed E-state index contributed by atoms with van der Waals surface area (Å²) in [4.78, 5) is 14.8. The van der Waals surface area contributed by atoms with Crippen molar-refractivity contribution in [1.29, 1.82) is 0 Å². The molecule has 4 rings (SSSR count). The fraction of sp³-hybridized carbons (Fsp3) is 0.409. The van der Waals surface area contributed by atoms with Gasteiger partial charge in [0.15, 0.2) is 0 Å². The molecule has 0 saturated carbocycles. The Morgan fingerprint density at radius 1 is 1.00 bits per heavy atom. The van der Waals surface area contributed by atoms with Crippen LogP contribution in [0.25, 0.3) is 0 Å². The molecule has 2 saturated heterocycles. The number of hydrogen-bond donors (Lipinski definition) is 0. The zero-order valence-corrected chi connectivity index (χ0v) is 18.6. The van der Waals surface area contributed by atoms with E-state index in [0.717, 1.165) is 18.6 Å². The molecule has 2 fully saturated rings. The van der Waals surface area contributed by atoms with E-state index < -0.39 is 16.1 Å². The second kappa shape index (κ2) is 9.56. The highest BCUT2D eigenvalue weighted by molar-refractivity contribution is 7.89. The van der Waals surface area contributed by atoms with Crippen molar-refractivity contribution < 1.29 is 22.7 Å². The van der Waals surface area contributed by atoms with Gasteiger partial charge in [-0.25, -0.2) is 8.42 Å². The van der Waals surface area contributed by atoms with Crippen molar-refractivity contribution in [2.24, 2.45) is 0 Å². The van der Waals surface area contributed by atoms with E-state index in [9.17, 15) is 13.2 Å². The average Bonchev–Trinajstić information content (AvgIpc) is 2.80. The predicted octanol–water partition coefficient (Wildman–Crippen LogP) is 2.80. The van der Waals surface area contributed by atoms with Crippen molar-refractivity contribution in [3.8, 4) is 5.75 Å². The van der Waals surface area contributed by atoms with Gasteiger partial charge < -0.3 is 14.4 Å². The van der Waals surface area contributed by atoms with Crippen LogP contribution in [0, 0.1) is 0 Å². The molecule has 0 aliphatic carbocycles. The molecule has 2 heterocycles. The highest BCUT2D eigenvalue weighted by atomic mass is 35.5. The summed E-state index contributed by atoms with van der Waals surface area (Å²) in [6.45, 7) is 1.42. The number of halogens is 1. The van der Waals surface area contributed by atoms with Crippen LogP contribution in [0.1, 0.15) is 12.8 Å². The molecule has 0 bridgehead atoms. The average molecular weight is 465 g/mol. The molecule has 0 radical (unpaired) electrons. The summed E-state index contributed by atoms with van der Waals surface area (Å²) in [7, 11) is -3.80. The minimum absolute atomic E-state index is 0.0210. The highest BCUT2D eigenvalue weighted by Gasteiger charge is 2.37. The lowest BCUT2D eigenvalue weighted by Gasteiger charge is -2.37. The van der Waals surface area contributed by atoms with Gasteiger partial charge in [-0.05, 0) is 24.3 Å². The fourth-order valence-electron chi connectivity index (χ4n) is 3.88. The first-order chi connectivity index (χ1) is 14.9. The number of piperidine rings is 1. The smallest absolute Gasteiger partial charge is 0.253 e. The number of rotatable bonds is 5. The Labute approximate surface area is 187 Å².